The molecule has 1 aromatic heterocycles. The molecule has 2 N–H and O–H groups in total. The van der Waals surface area contributed by atoms with Gasteiger partial charge in [-0.15, -0.1) is 0 Å². The second-order valence-electron chi connectivity index (χ2n) is 12.8. The number of unbranched alkanes of at least 4 members (excludes halogenated alkanes) is 6. The summed E-state index contributed by atoms with van der Waals surface area (Å²) in [6.07, 6.45) is 7.62. The minimum absolute atomic E-state index is 0.127. The Bertz CT molecular complexity index is 2130. The second kappa shape index (κ2) is 21.7. The van der Waals surface area contributed by atoms with E-state index in [1.54, 1.807) is 0 Å². The number of carbonyl (C=O) groups excluding carboxylic acids is 2. The minimum Gasteiger partial charge on any atom is -0.427 e. The SMILES string of the molecule is CCCCCCCCCC(=O)Oc1ccc(COP(=O)(OCc2ccc(OC(C)=O)cc2)OP(=O)(O)OCC2O[C@@H](n3cc(C)c(=O)[nH]c3=O)C=C2N=[N+]=[N-])cc1. The van der Waals surface area contributed by atoms with Gasteiger partial charge in [-0.1, -0.05) is 74.8 Å². The number of rotatable bonds is 23. The molecule has 3 unspecified atom stereocenters. The summed E-state index contributed by atoms with van der Waals surface area (Å²) in [5.74, 6) is -0.411. The van der Waals surface area contributed by atoms with Gasteiger partial charge in [-0.3, -0.25) is 37.5 Å². The van der Waals surface area contributed by atoms with Crippen molar-refractivity contribution in [1.82, 2.24) is 9.55 Å². The number of esters is 2. The summed E-state index contributed by atoms with van der Waals surface area (Å²) < 4.78 is 65.2. The van der Waals surface area contributed by atoms with Crippen LogP contribution in [0.5, 0.6) is 11.5 Å². The number of aromatic amines is 1. The Morgan fingerprint density at radius 1 is 0.912 bits per heavy atom. The van der Waals surface area contributed by atoms with Crippen molar-refractivity contribution >= 4 is 27.6 Å². The summed E-state index contributed by atoms with van der Waals surface area (Å²) >= 11 is 0. The molecule has 0 saturated carbocycles. The van der Waals surface area contributed by atoms with E-state index < -0.39 is 65.0 Å². The van der Waals surface area contributed by atoms with E-state index >= 15 is 0 Å². The van der Waals surface area contributed by atoms with E-state index in [0.29, 0.717) is 11.1 Å². The van der Waals surface area contributed by atoms with Crippen molar-refractivity contribution in [1.29, 1.82) is 0 Å². The Morgan fingerprint density at radius 2 is 1.49 bits per heavy atom. The van der Waals surface area contributed by atoms with Gasteiger partial charge in [-0.05, 0) is 60.3 Å². The lowest BCUT2D eigenvalue weighted by Crippen LogP contribution is -2.33. The van der Waals surface area contributed by atoms with Gasteiger partial charge in [-0.2, -0.15) is 4.31 Å². The van der Waals surface area contributed by atoms with Gasteiger partial charge in [-0.25, -0.2) is 13.9 Å². The van der Waals surface area contributed by atoms with E-state index in [4.69, 9.17) is 37.6 Å². The van der Waals surface area contributed by atoms with Crippen LogP contribution in [-0.4, -0.2) is 39.1 Å². The van der Waals surface area contributed by atoms with Gasteiger partial charge in [0, 0.05) is 35.7 Å². The highest BCUT2D eigenvalue weighted by Crippen LogP contribution is 2.64. The van der Waals surface area contributed by atoms with Crippen LogP contribution in [0.3, 0.4) is 0 Å². The molecule has 4 atom stereocenters. The molecule has 308 valence electrons. The first-order valence-electron chi connectivity index (χ1n) is 18.1. The summed E-state index contributed by atoms with van der Waals surface area (Å²) in [5.41, 5.74) is 8.44. The largest absolute Gasteiger partial charge is 0.484 e. The molecule has 19 nitrogen and oxygen atoms in total. The van der Waals surface area contributed by atoms with Crippen molar-refractivity contribution in [3.05, 3.63) is 114 Å². The van der Waals surface area contributed by atoms with E-state index in [-0.39, 0.29) is 35.1 Å². The average molecular weight is 834 g/mol. The van der Waals surface area contributed by atoms with Crippen LogP contribution in [0, 0.1) is 6.92 Å². The predicted molar refractivity (Wildman–Crippen MR) is 204 cm³/mol. The molecule has 2 heterocycles. The number of azide groups is 1. The summed E-state index contributed by atoms with van der Waals surface area (Å²) in [4.78, 5) is 63.3. The zero-order valence-corrected chi connectivity index (χ0v) is 33.4. The van der Waals surface area contributed by atoms with Gasteiger partial charge in [0.05, 0.1) is 19.8 Å². The third-order valence-corrected chi connectivity index (χ3v) is 11.2. The minimum atomic E-state index is -5.32. The molecule has 0 spiro atoms. The van der Waals surface area contributed by atoms with Crippen LogP contribution in [0.1, 0.15) is 88.1 Å². The Hall–Kier alpha value is -4.67. The van der Waals surface area contributed by atoms with E-state index in [9.17, 15) is 33.2 Å². The van der Waals surface area contributed by atoms with Gasteiger partial charge < -0.3 is 19.1 Å². The van der Waals surface area contributed by atoms with Crippen molar-refractivity contribution in [2.75, 3.05) is 6.61 Å². The fourth-order valence-corrected chi connectivity index (χ4v) is 7.90. The molecule has 0 bridgehead atoms. The first kappa shape index (κ1) is 45.0. The van der Waals surface area contributed by atoms with Gasteiger partial charge >= 0.3 is 33.3 Å². The number of nitrogens with zero attached hydrogens (tertiary/aromatic N) is 4. The number of phosphoric acid groups is 2. The number of hydrogen-bond donors (Lipinski definition) is 2. The molecule has 4 rings (SSSR count). The maximum Gasteiger partial charge on any atom is 0.484 e. The number of phosphoric ester groups is 2. The number of nitrogens with one attached hydrogen (secondary N) is 1. The highest BCUT2D eigenvalue weighted by atomic mass is 31.3. The first-order valence-corrected chi connectivity index (χ1v) is 21.0. The fourth-order valence-electron chi connectivity index (χ4n) is 5.31. The fraction of sp³-hybridized carbons (Fsp3) is 0.444. The van der Waals surface area contributed by atoms with Gasteiger partial charge in [0.25, 0.3) is 5.56 Å². The molecule has 21 heteroatoms. The quantitative estimate of drug-likeness (QED) is 0.0178. The van der Waals surface area contributed by atoms with Crippen LogP contribution in [-0.2, 0) is 54.6 Å². The maximum absolute atomic E-state index is 13.9. The van der Waals surface area contributed by atoms with Gasteiger partial charge in [0.1, 0.15) is 17.6 Å². The topological polar surface area (TPSA) is 257 Å². The number of aryl methyl sites for hydroxylation is 1. The number of hydrogen-bond acceptors (Lipinski definition) is 14. The molecule has 0 saturated heterocycles. The molecule has 0 fully saturated rings. The summed E-state index contributed by atoms with van der Waals surface area (Å²) in [7, 11) is -10.3. The molecule has 57 heavy (non-hydrogen) atoms. The Balaban J connectivity index is 1.41. The Labute approximate surface area is 327 Å². The number of ether oxygens (including phenoxy) is 3. The number of benzene rings is 2. The zero-order chi connectivity index (χ0) is 41.4. The second-order valence-corrected chi connectivity index (χ2v) is 16.1. The molecular formula is C36H45N5O14P2. The normalized spacial score (nSPS) is 17.2. The number of aromatic nitrogens is 2. The summed E-state index contributed by atoms with van der Waals surface area (Å²) in [5, 5.41) is 3.50. The summed E-state index contributed by atoms with van der Waals surface area (Å²) in [6.45, 7) is 3.11. The first-order chi connectivity index (χ1) is 27.2. The van der Waals surface area contributed by atoms with Crippen LogP contribution in [0.4, 0.5) is 0 Å². The third kappa shape index (κ3) is 15.0. The van der Waals surface area contributed by atoms with Crippen molar-refractivity contribution < 1.29 is 55.7 Å². The van der Waals surface area contributed by atoms with Crippen LogP contribution >= 0.6 is 15.6 Å². The lowest BCUT2D eigenvalue weighted by molar-refractivity contribution is -0.134. The van der Waals surface area contributed by atoms with Crippen molar-refractivity contribution in [2.24, 2.45) is 5.11 Å². The van der Waals surface area contributed by atoms with E-state index in [2.05, 4.69) is 21.9 Å². The lowest BCUT2D eigenvalue weighted by atomic mass is 10.1. The third-order valence-electron chi connectivity index (χ3n) is 8.22. The van der Waals surface area contributed by atoms with Crippen LogP contribution in [0.25, 0.3) is 10.4 Å². The van der Waals surface area contributed by atoms with Crippen molar-refractivity contribution in [3.63, 3.8) is 0 Å². The van der Waals surface area contributed by atoms with Gasteiger partial charge in [0.15, 0.2) is 6.23 Å². The molecule has 0 aliphatic carbocycles. The van der Waals surface area contributed by atoms with Crippen LogP contribution in [0.2, 0.25) is 0 Å². The predicted octanol–water partition coefficient (Wildman–Crippen LogP) is 7.58. The van der Waals surface area contributed by atoms with Crippen molar-refractivity contribution in [2.45, 2.75) is 97.7 Å². The lowest BCUT2D eigenvalue weighted by Gasteiger charge is -2.22. The van der Waals surface area contributed by atoms with E-state index in [1.807, 2.05) is 0 Å². The van der Waals surface area contributed by atoms with Crippen molar-refractivity contribution in [3.8, 4) is 11.5 Å². The molecule has 3 aromatic rings. The average Bonchev–Trinajstić information content (AvgIpc) is 3.56. The van der Waals surface area contributed by atoms with Gasteiger partial charge in [0.2, 0.25) is 0 Å². The highest BCUT2D eigenvalue weighted by molar-refractivity contribution is 7.61. The Morgan fingerprint density at radius 3 is 2.07 bits per heavy atom. The smallest absolute Gasteiger partial charge is 0.427 e. The molecular weight excluding hydrogens is 788 g/mol. The molecule has 2 aromatic carbocycles. The molecule has 1 aliphatic rings. The number of H-pyrrole nitrogens is 1. The maximum atomic E-state index is 13.9. The Kier molecular flexibility index (Phi) is 17.2. The van der Waals surface area contributed by atoms with Crippen LogP contribution in [0.15, 0.2) is 81.2 Å². The molecule has 0 amide bonds. The van der Waals surface area contributed by atoms with Crippen LogP contribution < -0.4 is 20.7 Å². The van der Waals surface area contributed by atoms with E-state index in [1.165, 1.54) is 93.9 Å². The molecule has 1 aliphatic heterocycles. The standard InChI is InChI=1S/C36H45N5O14P2/c1-4-5-6-7-8-9-10-11-34(43)53-30-18-14-28(15-19-30)23-51-57(48,50-22-27-12-16-29(17-13-27)52-26(3)42)55-56(46,47)49-24-32-31(39-40-37)20-33(54-32)41-21-25(2)35(44)38-36(41)45/h12-21,32-33H,4-11,22-24H2,1-3H3,(H,46,47)(H,38,44,45)/t32?,33-,57?/m1/s1. The van der Waals surface area contributed by atoms with E-state index in [0.717, 1.165) is 30.3 Å². The molecule has 0 radical (unpaired) electrons. The number of carbonyl (C=O) groups is 2. The highest BCUT2D eigenvalue weighted by Gasteiger charge is 2.40. The summed E-state index contributed by atoms with van der Waals surface area (Å²) in [6, 6.07) is 11.9. The monoisotopic (exact) mass is 833 g/mol. The zero-order valence-electron chi connectivity index (χ0n) is 31.6.